The Hall–Kier alpha value is -3.00. The molecule has 0 radical (unpaired) electrons. The highest BCUT2D eigenvalue weighted by Crippen LogP contribution is 2.39. The van der Waals surface area contributed by atoms with Crippen LogP contribution in [0.3, 0.4) is 0 Å². The molecule has 0 N–H and O–H groups in total. The molecule has 1 fully saturated rings. The molecular formula is C23H24N2O5S. The van der Waals surface area contributed by atoms with Crippen LogP contribution in [-0.2, 0) is 20.1 Å². The Labute approximate surface area is 185 Å². The maximum Gasteiger partial charge on any atom is 0.409 e. The van der Waals surface area contributed by atoms with E-state index in [2.05, 4.69) is 0 Å². The molecule has 0 atom stereocenters. The van der Waals surface area contributed by atoms with Gasteiger partial charge in [0.2, 0.25) is 0 Å². The van der Waals surface area contributed by atoms with E-state index in [9.17, 15) is 14.4 Å². The van der Waals surface area contributed by atoms with Crippen molar-refractivity contribution >= 4 is 35.2 Å². The first kappa shape index (κ1) is 21.2. The minimum atomic E-state index is -0.349. The van der Waals surface area contributed by atoms with Crippen molar-refractivity contribution in [3.8, 4) is 0 Å². The van der Waals surface area contributed by atoms with Crippen LogP contribution in [0.1, 0.15) is 31.1 Å². The van der Waals surface area contributed by atoms with Gasteiger partial charge in [-0.1, -0.05) is 30.3 Å². The van der Waals surface area contributed by atoms with Gasteiger partial charge < -0.3 is 14.1 Å². The van der Waals surface area contributed by atoms with Crippen LogP contribution in [0, 0.1) is 0 Å². The van der Waals surface area contributed by atoms with E-state index in [4.69, 9.17) is 9.15 Å². The summed E-state index contributed by atoms with van der Waals surface area (Å²) in [5, 5.41) is 0. The van der Waals surface area contributed by atoms with Gasteiger partial charge in [0, 0.05) is 19.1 Å². The van der Waals surface area contributed by atoms with Crippen LogP contribution < -0.4 is 0 Å². The molecule has 1 saturated heterocycles. The van der Waals surface area contributed by atoms with Crippen LogP contribution in [0.4, 0.5) is 4.79 Å². The van der Waals surface area contributed by atoms with E-state index in [1.807, 2.05) is 36.4 Å². The maximum atomic E-state index is 13.4. The summed E-state index contributed by atoms with van der Waals surface area (Å²) in [4.78, 5) is 42.2. The van der Waals surface area contributed by atoms with Crippen molar-refractivity contribution in [3.63, 3.8) is 0 Å². The average Bonchev–Trinajstić information content (AvgIpc) is 3.39. The number of imide groups is 1. The van der Waals surface area contributed by atoms with Gasteiger partial charge in [-0.2, -0.15) is 0 Å². The van der Waals surface area contributed by atoms with Crippen molar-refractivity contribution in [2.45, 2.75) is 31.6 Å². The molecule has 2 aliphatic heterocycles. The van der Waals surface area contributed by atoms with Crippen LogP contribution in [0.2, 0.25) is 0 Å². The first-order valence-corrected chi connectivity index (χ1v) is 11.3. The van der Waals surface area contributed by atoms with Gasteiger partial charge in [-0.15, -0.1) is 11.8 Å². The molecule has 7 nitrogen and oxygen atoms in total. The summed E-state index contributed by atoms with van der Waals surface area (Å²) >= 11 is 1.33. The van der Waals surface area contributed by atoms with Crippen molar-refractivity contribution < 1.29 is 23.5 Å². The molecule has 8 heteroatoms. The first-order chi connectivity index (χ1) is 15.1. The highest BCUT2D eigenvalue weighted by atomic mass is 32.2. The van der Waals surface area contributed by atoms with Gasteiger partial charge >= 0.3 is 6.09 Å². The second kappa shape index (κ2) is 9.43. The number of carbonyl (C=O) groups is 3. The Morgan fingerprint density at radius 3 is 2.48 bits per heavy atom. The lowest BCUT2D eigenvalue weighted by atomic mass is 10.0. The number of hydrogen-bond acceptors (Lipinski definition) is 6. The third kappa shape index (κ3) is 4.39. The molecule has 2 aromatic rings. The minimum Gasteiger partial charge on any atom is -0.468 e. The largest absolute Gasteiger partial charge is 0.468 e. The molecule has 1 aromatic carbocycles. The van der Waals surface area contributed by atoms with Gasteiger partial charge in [-0.3, -0.25) is 14.5 Å². The summed E-state index contributed by atoms with van der Waals surface area (Å²) < 4.78 is 10.5. The molecular weight excluding hydrogens is 416 g/mol. The summed E-state index contributed by atoms with van der Waals surface area (Å²) in [5.74, 6) is 0.668. The smallest absolute Gasteiger partial charge is 0.409 e. The third-order valence-corrected chi connectivity index (χ3v) is 6.53. The van der Waals surface area contributed by atoms with Crippen molar-refractivity contribution in [2.24, 2.45) is 0 Å². The molecule has 0 spiro atoms. The summed E-state index contributed by atoms with van der Waals surface area (Å²) in [7, 11) is 0. The van der Waals surface area contributed by atoms with Crippen molar-refractivity contribution in [3.05, 3.63) is 65.0 Å². The third-order valence-electron chi connectivity index (χ3n) is 5.43. The molecule has 3 amide bonds. The van der Waals surface area contributed by atoms with E-state index in [0.29, 0.717) is 48.8 Å². The number of benzene rings is 1. The van der Waals surface area contributed by atoms with Gasteiger partial charge in [0.1, 0.15) is 5.76 Å². The number of furan rings is 1. The van der Waals surface area contributed by atoms with Gasteiger partial charge in [0.15, 0.2) is 0 Å². The lowest BCUT2D eigenvalue weighted by Gasteiger charge is -2.35. The molecule has 3 heterocycles. The van der Waals surface area contributed by atoms with Gasteiger partial charge in [-0.25, -0.2) is 4.79 Å². The Morgan fingerprint density at radius 2 is 1.84 bits per heavy atom. The van der Waals surface area contributed by atoms with Crippen molar-refractivity contribution in [2.75, 3.05) is 19.7 Å². The fourth-order valence-electron chi connectivity index (χ4n) is 3.91. The molecule has 0 bridgehead atoms. The van der Waals surface area contributed by atoms with E-state index in [1.165, 1.54) is 16.7 Å². The summed E-state index contributed by atoms with van der Waals surface area (Å²) in [5.41, 5.74) is 1.17. The number of nitrogens with zero attached hydrogens (tertiary/aromatic N) is 2. The Morgan fingerprint density at radius 1 is 1.10 bits per heavy atom. The van der Waals surface area contributed by atoms with Crippen LogP contribution in [0.5, 0.6) is 0 Å². The van der Waals surface area contributed by atoms with Crippen molar-refractivity contribution in [1.82, 2.24) is 9.80 Å². The van der Waals surface area contributed by atoms with Crippen LogP contribution in [0.15, 0.2) is 58.1 Å². The number of hydrogen-bond donors (Lipinski definition) is 0. The van der Waals surface area contributed by atoms with E-state index >= 15 is 0 Å². The van der Waals surface area contributed by atoms with Crippen LogP contribution in [-0.4, -0.2) is 53.4 Å². The molecule has 0 aliphatic carbocycles. The predicted molar refractivity (Wildman–Crippen MR) is 117 cm³/mol. The summed E-state index contributed by atoms with van der Waals surface area (Å²) in [6.07, 6.45) is 2.31. The van der Waals surface area contributed by atoms with E-state index in [-0.39, 0.29) is 23.9 Å². The number of likely N-dealkylation sites (tertiary alicyclic amines) is 1. The fraction of sp³-hybridized carbons (Fsp3) is 0.348. The maximum absolute atomic E-state index is 13.4. The van der Waals surface area contributed by atoms with E-state index in [0.717, 1.165) is 11.3 Å². The second-order valence-electron chi connectivity index (χ2n) is 7.34. The zero-order valence-corrected chi connectivity index (χ0v) is 18.1. The Kier molecular flexibility index (Phi) is 6.46. The zero-order valence-electron chi connectivity index (χ0n) is 17.3. The number of thioether (sulfide) groups is 1. The lowest BCUT2D eigenvalue weighted by molar-refractivity contribution is -0.140. The van der Waals surface area contributed by atoms with Gasteiger partial charge in [0.25, 0.3) is 11.8 Å². The minimum absolute atomic E-state index is 0.244. The van der Waals surface area contributed by atoms with Gasteiger partial charge in [-0.05, 0) is 37.5 Å². The first-order valence-electron chi connectivity index (χ1n) is 10.3. The van der Waals surface area contributed by atoms with E-state index in [1.54, 1.807) is 24.2 Å². The SMILES string of the molecule is CCOC(=O)N1CCC(N2C(=O)C(SCc3ccco3)=C(c3ccccc3)C2=O)CC1. The summed E-state index contributed by atoms with van der Waals surface area (Å²) in [6.45, 7) is 3.00. The number of rotatable bonds is 6. The fourth-order valence-corrected chi connectivity index (χ4v) is 4.93. The lowest BCUT2D eigenvalue weighted by Crippen LogP contribution is -2.49. The molecule has 1 aromatic heterocycles. The molecule has 162 valence electrons. The molecule has 0 saturated carbocycles. The zero-order chi connectivity index (χ0) is 21.8. The quantitative estimate of drug-likeness (QED) is 0.634. The number of carbonyl (C=O) groups excluding carboxylic acids is 3. The highest BCUT2D eigenvalue weighted by molar-refractivity contribution is 8.03. The monoisotopic (exact) mass is 440 g/mol. The Bertz CT molecular complexity index is 979. The van der Waals surface area contributed by atoms with Gasteiger partial charge in [0.05, 0.1) is 29.1 Å². The Balaban J connectivity index is 1.54. The number of amides is 3. The molecule has 2 aliphatic rings. The highest BCUT2D eigenvalue weighted by Gasteiger charge is 2.44. The normalized spacial score (nSPS) is 17.6. The van der Waals surface area contributed by atoms with Crippen LogP contribution >= 0.6 is 11.8 Å². The second-order valence-corrected chi connectivity index (χ2v) is 8.32. The standard InChI is InChI=1S/C23H24N2O5S/c1-2-29-23(28)24-12-10-17(11-13-24)25-21(26)19(16-7-4-3-5-8-16)20(22(25)27)31-15-18-9-6-14-30-18/h3-9,14,17H,2,10-13,15H2,1H3. The van der Waals surface area contributed by atoms with E-state index < -0.39 is 0 Å². The number of piperidine rings is 1. The molecule has 31 heavy (non-hydrogen) atoms. The number of ether oxygens (including phenoxy) is 1. The topological polar surface area (TPSA) is 80.1 Å². The average molecular weight is 441 g/mol. The predicted octanol–water partition coefficient (Wildman–Crippen LogP) is 3.91. The molecule has 4 rings (SSSR count). The summed E-state index contributed by atoms with van der Waals surface area (Å²) in [6, 6.07) is 12.7. The van der Waals surface area contributed by atoms with Crippen LogP contribution in [0.25, 0.3) is 5.57 Å². The molecule has 0 unspecified atom stereocenters. The van der Waals surface area contributed by atoms with Crippen molar-refractivity contribution in [1.29, 1.82) is 0 Å².